The summed E-state index contributed by atoms with van der Waals surface area (Å²) in [5.74, 6) is -0.855. The van der Waals surface area contributed by atoms with Gasteiger partial charge in [-0.2, -0.15) is 8.61 Å². The van der Waals surface area contributed by atoms with E-state index in [0.29, 0.717) is 19.4 Å². The molecule has 1 saturated heterocycles. The number of amides is 1. The van der Waals surface area contributed by atoms with Crippen molar-refractivity contribution in [1.29, 1.82) is 0 Å². The van der Waals surface area contributed by atoms with Crippen molar-refractivity contribution in [2.75, 3.05) is 31.9 Å². The number of nitrogens with zero attached hydrogens (tertiary/aromatic N) is 3. The van der Waals surface area contributed by atoms with Crippen LogP contribution in [-0.4, -0.2) is 74.2 Å². The van der Waals surface area contributed by atoms with Crippen LogP contribution >= 0.6 is 0 Å². The molecule has 0 bridgehead atoms. The first-order valence-corrected chi connectivity index (χ1v) is 16.0. The lowest BCUT2D eigenvalue weighted by atomic mass is 10.0. The Morgan fingerprint density at radius 3 is 2.11 bits per heavy atom. The molecule has 11 heteroatoms. The first-order chi connectivity index (χ1) is 17.8. The van der Waals surface area contributed by atoms with E-state index >= 15 is 0 Å². The monoisotopic (exact) mass is 567 g/mol. The van der Waals surface area contributed by atoms with E-state index in [1.165, 1.54) is 20.7 Å². The fourth-order valence-corrected chi connectivity index (χ4v) is 7.24. The molecule has 0 aliphatic carbocycles. The minimum atomic E-state index is -3.79. The summed E-state index contributed by atoms with van der Waals surface area (Å²) in [6.45, 7) is 8.04. The van der Waals surface area contributed by atoms with Gasteiger partial charge in [-0.1, -0.05) is 43.7 Å². The Balaban J connectivity index is 1.81. The summed E-state index contributed by atoms with van der Waals surface area (Å²) in [5, 5.41) is 0. The highest BCUT2D eigenvalue weighted by atomic mass is 32.2. The number of hydrogen-bond donors (Lipinski definition) is 0. The molecule has 1 aliphatic rings. The van der Waals surface area contributed by atoms with Gasteiger partial charge in [-0.25, -0.2) is 21.2 Å². The molecule has 2 aromatic carbocycles. The number of hydrogen-bond acceptors (Lipinski definition) is 5. The molecule has 1 amide bonds. The van der Waals surface area contributed by atoms with Crippen LogP contribution in [0.15, 0.2) is 53.4 Å². The average molecular weight is 568 g/mol. The van der Waals surface area contributed by atoms with Crippen LogP contribution < -0.4 is 0 Å². The normalized spacial score (nSPS) is 15.8. The summed E-state index contributed by atoms with van der Waals surface area (Å²) in [6, 6.07) is 12.3. The Kier molecular flexibility index (Phi) is 10.1. The summed E-state index contributed by atoms with van der Waals surface area (Å²) < 4.78 is 67.5. The van der Waals surface area contributed by atoms with Crippen LogP contribution in [0.4, 0.5) is 4.39 Å². The predicted octanol–water partition coefficient (Wildman–Crippen LogP) is 3.62. The van der Waals surface area contributed by atoms with Gasteiger partial charge in [0.05, 0.1) is 17.2 Å². The Bertz CT molecular complexity index is 1290. The van der Waals surface area contributed by atoms with Gasteiger partial charge in [-0.3, -0.25) is 4.79 Å². The molecule has 1 aliphatic heterocycles. The number of aryl methyl sites for hydroxylation is 1. The molecule has 2 aromatic rings. The molecule has 0 aromatic heterocycles. The van der Waals surface area contributed by atoms with E-state index in [9.17, 15) is 26.0 Å². The second-order valence-corrected chi connectivity index (χ2v) is 14.4. The smallest absolute Gasteiger partial charge is 0.243 e. The van der Waals surface area contributed by atoms with E-state index in [-0.39, 0.29) is 54.7 Å². The van der Waals surface area contributed by atoms with Crippen LogP contribution in [0.1, 0.15) is 44.7 Å². The van der Waals surface area contributed by atoms with Gasteiger partial charge in [0.2, 0.25) is 26.0 Å². The minimum Gasteiger partial charge on any atom is -0.334 e. The summed E-state index contributed by atoms with van der Waals surface area (Å²) in [7, 11) is -7.37. The molecule has 3 rings (SSSR count). The summed E-state index contributed by atoms with van der Waals surface area (Å²) in [4.78, 5) is 15.4. The number of rotatable bonds is 11. The van der Waals surface area contributed by atoms with Gasteiger partial charge in [-0.15, -0.1) is 0 Å². The molecule has 38 heavy (non-hydrogen) atoms. The standard InChI is InChI=1S/C27H38FN3O5S2/c1-5-37(33,34)30(18-21(2)3)20-27(32)31(19-23-8-6-22(4)7-9-23)25-14-16-29(17-15-25)38(35,36)26-12-10-24(28)11-13-26/h6-13,21,25H,5,14-20H2,1-4H3. The molecule has 1 heterocycles. The van der Waals surface area contributed by atoms with E-state index in [0.717, 1.165) is 23.3 Å². The molecule has 0 N–H and O–H groups in total. The Morgan fingerprint density at radius 1 is 1.00 bits per heavy atom. The van der Waals surface area contributed by atoms with Gasteiger partial charge in [0.15, 0.2) is 0 Å². The van der Waals surface area contributed by atoms with Gasteiger partial charge in [0, 0.05) is 32.2 Å². The van der Waals surface area contributed by atoms with Crippen LogP contribution in [0, 0.1) is 18.7 Å². The minimum absolute atomic E-state index is 0.0269. The quantitative estimate of drug-likeness (QED) is 0.413. The molecule has 0 atom stereocenters. The van der Waals surface area contributed by atoms with Crippen LogP contribution in [0.25, 0.3) is 0 Å². The fraction of sp³-hybridized carbons (Fsp3) is 0.519. The third kappa shape index (κ3) is 7.62. The maximum atomic E-state index is 13.7. The average Bonchev–Trinajstić information content (AvgIpc) is 2.88. The topological polar surface area (TPSA) is 95.1 Å². The van der Waals surface area contributed by atoms with E-state index in [1.807, 2.05) is 45.0 Å². The number of sulfonamides is 2. The third-order valence-electron chi connectivity index (χ3n) is 6.75. The lowest BCUT2D eigenvalue weighted by Crippen LogP contribution is -2.51. The number of piperidine rings is 1. The molecule has 0 unspecified atom stereocenters. The first-order valence-electron chi connectivity index (χ1n) is 12.9. The molecule has 8 nitrogen and oxygen atoms in total. The Morgan fingerprint density at radius 2 is 1.58 bits per heavy atom. The highest BCUT2D eigenvalue weighted by molar-refractivity contribution is 7.89. The first kappa shape index (κ1) is 30.2. The van der Waals surface area contributed by atoms with Crippen molar-refractivity contribution in [2.24, 2.45) is 5.92 Å². The van der Waals surface area contributed by atoms with Crippen LogP contribution in [0.2, 0.25) is 0 Å². The molecule has 1 fully saturated rings. The number of benzene rings is 2. The highest BCUT2D eigenvalue weighted by Gasteiger charge is 2.35. The van der Waals surface area contributed by atoms with Gasteiger partial charge >= 0.3 is 0 Å². The molecule has 0 spiro atoms. The maximum absolute atomic E-state index is 13.7. The van der Waals surface area contributed by atoms with Gasteiger partial charge in [0.25, 0.3) is 0 Å². The summed E-state index contributed by atoms with van der Waals surface area (Å²) >= 11 is 0. The molecular weight excluding hydrogens is 529 g/mol. The van der Waals surface area contributed by atoms with Crippen molar-refractivity contribution in [3.05, 3.63) is 65.5 Å². The zero-order valence-electron chi connectivity index (χ0n) is 22.5. The van der Waals surface area contributed by atoms with Crippen molar-refractivity contribution in [3.63, 3.8) is 0 Å². The van der Waals surface area contributed by atoms with E-state index in [4.69, 9.17) is 0 Å². The van der Waals surface area contributed by atoms with Crippen LogP contribution in [-0.2, 0) is 31.4 Å². The maximum Gasteiger partial charge on any atom is 0.243 e. The molecule has 0 radical (unpaired) electrons. The predicted molar refractivity (Wildman–Crippen MR) is 146 cm³/mol. The van der Waals surface area contributed by atoms with Crippen molar-refractivity contribution in [3.8, 4) is 0 Å². The highest BCUT2D eigenvalue weighted by Crippen LogP contribution is 2.25. The van der Waals surface area contributed by atoms with Crippen LogP contribution in [0.3, 0.4) is 0 Å². The third-order valence-corrected chi connectivity index (χ3v) is 10.5. The Hall–Kier alpha value is -2.34. The SMILES string of the molecule is CCS(=O)(=O)N(CC(=O)N(Cc1ccc(C)cc1)C1CCN(S(=O)(=O)c2ccc(F)cc2)CC1)CC(C)C. The van der Waals surface area contributed by atoms with Crippen molar-refractivity contribution >= 4 is 26.0 Å². The second-order valence-electron chi connectivity index (χ2n) is 10.2. The largest absolute Gasteiger partial charge is 0.334 e. The zero-order chi connectivity index (χ0) is 28.1. The van der Waals surface area contributed by atoms with Crippen molar-refractivity contribution in [1.82, 2.24) is 13.5 Å². The van der Waals surface area contributed by atoms with E-state index in [2.05, 4.69) is 0 Å². The van der Waals surface area contributed by atoms with E-state index in [1.54, 1.807) is 11.8 Å². The van der Waals surface area contributed by atoms with E-state index < -0.39 is 25.9 Å². The molecule has 210 valence electrons. The van der Waals surface area contributed by atoms with Gasteiger partial charge < -0.3 is 4.90 Å². The number of halogens is 1. The van der Waals surface area contributed by atoms with Crippen molar-refractivity contribution < 1.29 is 26.0 Å². The summed E-state index contributed by atoms with van der Waals surface area (Å²) in [5.41, 5.74) is 2.00. The zero-order valence-corrected chi connectivity index (χ0v) is 24.1. The number of carbonyl (C=O) groups is 1. The molecule has 0 saturated carbocycles. The Labute approximate surface area is 226 Å². The summed E-state index contributed by atoms with van der Waals surface area (Å²) in [6.07, 6.45) is 0.811. The lowest BCUT2D eigenvalue weighted by Gasteiger charge is -2.39. The van der Waals surface area contributed by atoms with Crippen molar-refractivity contribution in [2.45, 2.75) is 58.0 Å². The fourth-order valence-electron chi connectivity index (χ4n) is 4.57. The van der Waals surface area contributed by atoms with Crippen LogP contribution in [0.5, 0.6) is 0 Å². The second kappa shape index (κ2) is 12.7. The van der Waals surface area contributed by atoms with Gasteiger partial charge in [-0.05, 0) is 62.4 Å². The lowest BCUT2D eigenvalue weighted by molar-refractivity contribution is -0.135. The van der Waals surface area contributed by atoms with Gasteiger partial charge in [0.1, 0.15) is 5.82 Å². The number of carbonyl (C=O) groups excluding carboxylic acids is 1. The molecular formula is C27H38FN3O5S2.